The fraction of sp³-hybridized carbons (Fsp3) is 0.556. The van der Waals surface area contributed by atoms with Crippen LogP contribution in [0.1, 0.15) is 31.5 Å². The lowest BCUT2D eigenvalue weighted by atomic mass is 10.2. The summed E-state index contributed by atoms with van der Waals surface area (Å²) in [4.78, 5) is 6.30. The van der Waals surface area contributed by atoms with Crippen LogP contribution < -0.4 is 4.74 Å². The number of sulfonamides is 1. The van der Waals surface area contributed by atoms with E-state index >= 15 is 0 Å². The number of hydrogen-bond donors (Lipinski definition) is 0. The van der Waals surface area contributed by atoms with Crippen molar-refractivity contribution in [3.8, 4) is 5.75 Å². The Bertz CT molecular complexity index is 924. The Kier molecular flexibility index (Phi) is 6.98. The molecule has 1 fully saturated rings. The molecular formula is C18H23F3N4O4S. The maximum atomic E-state index is 12.8. The van der Waals surface area contributed by atoms with Gasteiger partial charge in [0.2, 0.25) is 15.9 Å². The summed E-state index contributed by atoms with van der Waals surface area (Å²) in [5.41, 5.74) is 0. The molecular weight excluding hydrogens is 425 g/mol. The molecule has 1 aliphatic heterocycles. The summed E-state index contributed by atoms with van der Waals surface area (Å²) in [6.07, 6.45) is -2.08. The molecule has 1 aromatic heterocycles. The average Bonchev–Trinajstić information content (AvgIpc) is 3.13. The second-order valence-corrected chi connectivity index (χ2v) is 8.85. The van der Waals surface area contributed by atoms with Crippen LogP contribution in [0.5, 0.6) is 5.75 Å². The molecule has 1 aromatic carbocycles. The van der Waals surface area contributed by atoms with Crippen molar-refractivity contribution in [1.82, 2.24) is 19.3 Å². The molecule has 8 nitrogen and oxygen atoms in total. The van der Waals surface area contributed by atoms with Crippen molar-refractivity contribution in [3.05, 3.63) is 36.0 Å². The first-order chi connectivity index (χ1) is 14.2. The number of unbranched alkanes of at least 4 members (excludes halogenated alkanes) is 1. The van der Waals surface area contributed by atoms with Crippen molar-refractivity contribution < 1.29 is 30.8 Å². The third kappa shape index (κ3) is 5.92. The number of aromatic nitrogens is 2. The number of benzene rings is 1. The molecule has 0 spiro atoms. The van der Waals surface area contributed by atoms with Crippen LogP contribution in [-0.2, 0) is 23.0 Å². The van der Waals surface area contributed by atoms with Crippen LogP contribution in [0.25, 0.3) is 0 Å². The van der Waals surface area contributed by atoms with Gasteiger partial charge in [0.25, 0.3) is 0 Å². The van der Waals surface area contributed by atoms with Crippen LogP contribution in [0.2, 0.25) is 0 Å². The van der Waals surface area contributed by atoms with Crippen molar-refractivity contribution in [2.24, 2.45) is 0 Å². The molecule has 0 atom stereocenters. The minimum Gasteiger partial charge on any atom is -0.406 e. The monoisotopic (exact) mass is 448 g/mol. The minimum absolute atomic E-state index is 0.0794. The molecule has 3 rings (SSSR count). The maximum Gasteiger partial charge on any atom is 0.573 e. The molecule has 0 unspecified atom stereocenters. The molecule has 1 aliphatic rings. The summed E-state index contributed by atoms with van der Waals surface area (Å²) in [7, 11) is -3.80. The van der Waals surface area contributed by atoms with Gasteiger partial charge < -0.3 is 9.26 Å². The van der Waals surface area contributed by atoms with Crippen molar-refractivity contribution in [3.63, 3.8) is 0 Å². The summed E-state index contributed by atoms with van der Waals surface area (Å²) in [5, 5.41) is 3.96. The van der Waals surface area contributed by atoms with Gasteiger partial charge in [0.1, 0.15) is 5.75 Å². The molecule has 1 saturated heterocycles. The molecule has 0 amide bonds. The maximum absolute atomic E-state index is 12.8. The van der Waals surface area contributed by atoms with E-state index in [-0.39, 0.29) is 18.0 Å². The molecule has 0 aliphatic carbocycles. The number of rotatable bonds is 8. The molecule has 2 aromatic rings. The highest BCUT2D eigenvalue weighted by atomic mass is 32.2. The summed E-state index contributed by atoms with van der Waals surface area (Å²) in [6, 6.07) is 4.20. The number of aryl methyl sites for hydroxylation is 1. The van der Waals surface area contributed by atoms with Gasteiger partial charge in [-0.3, -0.25) is 4.90 Å². The van der Waals surface area contributed by atoms with Crippen molar-refractivity contribution >= 4 is 10.0 Å². The van der Waals surface area contributed by atoms with Gasteiger partial charge in [-0.15, -0.1) is 13.2 Å². The molecule has 166 valence electrons. The fourth-order valence-corrected chi connectivity index (χ4v) is 4.50. The third-order valence-corrected chi connectivity index (χ3v) is 6.56. The first-order valence-electron chi connectivity index (χ1n) is 9.57. The van der Waals surface area contributed by atoms with Crippen LogP contribution in [-0.4, -0.2) is 60.3 Å². The zero-order valence-corrected chi connectivity index (χ0v) is 17.2. The van der Waals surface area contributed by atoms with E-state index in [2.05, 4.69) is 21.8 Å². The number of ether oxygens (including phenoxy) is 1. The Morgan fingerprint density at radius 3 is 2.40 bits per heavy atom. The minimum atomic E-state index is -4.83. The lowest BCUT2D eigenvalue weighted by Crippen LogP contribution is -2.48. The summed E-state index contributed by atoms with van der Waals surface area (Å²) >= 11 is 0. The zero-order valence-electron chi connectivity index (χ0n) is 16.4. The van der Waals surface area contributed by atoms with E-state index in [4.69, 9.17) is 4.52 Å². The van der Waals surface area contributed by atoms with Gasteiger partial charge >= 0.3 is 6.36 Å². The molecule has 0 bridgehead atoms. The second kappa shape index (κ2) is 9.31. The van der Waals surface area contributed by atoms with Gasteiger partial charge in [0.15, 0.2) is 5.82 Å². The zero-order chi connectivity index (χ0) is 21.8. The third-order valence-electron chi connectivity index (χ3n) is 4.65. The van der Waals surface area contributed by atoms with Crippen molar-refractivity contribution in [1.29, 1.82) is 0 Å². The van der Waals surface area contributed by atoms with E-state index in [9.17, 15) is 21.6 Å². The predicted octanol–water partition coefficient (Wildman–Crippen LogP) is 2.82. The Morgan fingerprint density at radius 1 is 1.13 bits per heavy atom. The van der Waals surface area contributed by atoms with Crippen LogP contribution in [0.4, 0.5) is 13.2 Å². The van der Waals surface area contributed by atoms with Crippen LogP contribution in [0.3, 0.4) is 0 Å². The number of alkyl halides is 3. The summed E-state index contributed by atoms with van der Waals surface area (Å²) < 4.78 is 72.5. The normalized spacial score (nSPS) is 16.7. The molecule has 12 heteroatoms. The standard InChI is InChI=1S/C18H23F3N4O4S/c1-2-3-4-17-22-16(23-29-17)13-24-9-11-25(12-10-24)30(26,27)15-7-5-14(6-8-15)28-18(19,20)21/h5-8H,2-4,9-13H2,1H3. The number of nitrogens with zero attached hydrogens (tertiary/aromatic N) is 4. The largest absolute Gasteiger partial charge is 0.573 e. The highest BCUT2D eigenvalue weighted by Crippen LogP contribution is 2.25. The number of hydrogen-bond acceptors (Lipinski definition) is 7. The number of halogens is 3. The van der Waals surface area contributed by atoms with Crippen molar-refractivity contribution in [2.75, 3.05) is 26.2 Å². The van der Waals surface area contributed by atoms with Crippen molar-refractivity contribution in [2.45, 2.75) is 44.0 Å². The van der Waals surface area contributed by atoms with Crippen LogP contribution in [0, 0.1) is 0 Å². The molecule has 0 N–H and O–H groups in total. The average molecular weight is 448 g/mol. The Morgan fingerprint density at radius 2 is 1.80 bits per heavy atom. The molecule has 2 heterocycles. The van der Waals surface area contributed by atoms with E-state index in [0.717, 1.165) is 43.5 Å². The van der Waals surface area contributed by atoms with Gasteiger partial charge in [-0.05, 0) is 30.7 Å². The van der Waals surface area contributed by atoms with Gasteiger partial charge in [0, 0.05) is 32.6 Å². The quantitative estimate of drug-likeness (QED) is 0.614. The highest BCUT2D eigenvalue weighted by Gasteiger charge is 2.32. The van der Waals surface area contributed by atoms with Crippen LogP contribution in [0.15, 0.2) is 33.7 Å². The van der Waals surface area contributed by atoms with E-state index in [1.807, 2.05) is 4.90 Å². The Labute approximate surface area is 172 Å². The number of piperazine rings is 1. The first-order valence-corrected chi connectivity index (χ1v) is 11.0. The topological polar surface area (TPSA) is 88.8 Å². The van der Waals surface area contributed by atoms with Crippen LogP contribution >= 0.6 is 0 Å². The molecule has 0 radical (unpaired) electrons. The smallest absolute Gasteiger partial charge is 0.406 e. The van der Waals surface area contributed by atoms with E-state index in [1.54, 1.807) is 0 Å². The fourth-order valence-electron chi connectivity index (χ4n) is 3.07. The molecule has 0 saturated carbocycles. The Hall–Kier alpha value is -2.18. The van der Waals surface area contributed by atoms with Gasteiger partial charge in [-0.2, -0.15) is 9.29 Å². The lowest BCUT2D eigenvalue weighted by Gasteiger charge is -2.33. The van der Waals surface area contributed by atoms with E-state index in [1.165, 1.54) is 4.31 Å². The summed E-state index contributed by atoms with van der Waals surface area (Å²) in [5.74, 6) is 0.702. The molecule has 30 heavy (non-hydrogen) atoms. The highest BCUT2D eigenvalue weighted by molar-refractivity contribution is 7.89. The van der Waals surface area contributed by atoms with Gasteiger partial charge in [-0.1, -0.05) is 18.5 Å². The SMILES string of the molecule is CCCCc1nc(CN2CCN(S(=O)(=O)c3ccc(OC(F)(F)F)cc3)CC2)no1. The lowest BCUT2D eigenvalue weighted by molar-refractivity contribution is -0.274. The first kappa shape index (κ1) is 22.5. The van der Waals surface area contributed by atoms with Gasteiger partial charge in [0.05, 0.1) is 11.4 Å². The van der Waals surface area contributed by atoms with E-state index in [0.29, 0.717) is 31.3 Å². The second-order valence-electron chi connectivity index (χ2n) is 6.91. The predicted molar refractivity (Wildman–Crippen MR) is 100 cm³/mol. The summed E-state index contributed by atoms with van der Waals surface area (Å²) in [6.45, 7) is 4.01. The van der Waals surface area contributed by atoms with E-state index < -0.39 is 22.1 Å². The Balaban J connectivity index is 1.55. The van der Waals surface area contributed by atoms with Gasteiger partial charge in [-0.25, -0.2) is 8.42 Å².